The maximum atomic E-state index is 13.0. The lowest BCUT2D eigenvalue weighted by Gasteiger charge is -2.06. The number of halogens is 1. The average Bonchev–Trinajstić information content (AvgIpc) is 3.06. The van der Waals surface area contributed by atoms with E-state index in [1.807, 2.05) is 0 Å². The van der Waals surface area contributed by atoms with E-state index in [9.17, 15) is 17.6 Å². The zero-order valence-electron chi connectivity index (χ0n) is 12.5. The Balaban J connectivity index is 1.87. The Labute approximate surface area is 146 Å². The highest BCUT2D eigenvalue weighted by molar-refractivity contribution is 7.94. The topological polar surface area (TPSA) is 96.4 Å². The lowest BCUT2D eigenvalue weighted by Crippen LogP contribution is -2.12. The predicted octanol–water partition coefficient (Wildman–Crippen LogP) is 3.45. The SMILES string of the molecule is O=C(O)c1cccc(NS(=O)(=O)c2cnc(-c3ccc(F)cc3)s2)c1. The number of aromatic carboxylic acids is 1. The van der Waals surface area contributed by atoms with Crippen molar-refractivity contribution in [1.82, 2.24) is 4.98 Å². The van der Waals surface area contributed by atoms with Crippen LogP contribution in [0.4, 0.5) is 10.1 Å². The van der Waals surface area contributed by atoms with Crippen molar-refractivity contribution in [3.63, 3.8) is 0 Å². The number of thiazole rings is 1. The van der Waals surface area contributed by atoms with Crippen LogP contribution < -0.4 is 4.72 Å². The smallest absolute Gasteiger partial charge is 0.335 e. The predicted molar refractivity (Wildman–Crippen MR) is 91.7 cm³/mol. The fraction of sp³-hybridized carbons (Fsp3) is 0. The van der Waals surface area contributed by atoms with Crippen LogP contribution in [-0.4, -0.2) is 24.5 Å². The number of carbonyl (C=O) groups is 1. The Morgan fingerprint density at radius 3 is 2.56 bits per heavy atom. The Hall–Kier alpha value is -2.78. The molecule has 6 nitrogen and oxygen atoms in total. The first-order chi connectivity index (χ1) is 11.8. The minimum atomic E-state index is -3.91. The first kappa shape index (κ1) is 17.1. The van der Waals surface area contributed by atoms with Gasteiger partial charge < -0.3 is 5.11 Å². The summed E-state index contributed by atoms with van der Waals surface area (Å²) in [6, 6.07) is 11.0. The molecule has 9 heteroatoms. The quantitative estimate of drug-likeness (QED) is 0.709. The summed E-state index contributed by atoms with van der Waals surface area (Å²) in [6.45, 7) is 0. The molecule has 3 rings (SSSR count). The van der Waals surface area contributed by atoms with Crippen LogP contribution >= 0.6 is 11.3 Å². The molecular weight excluding hydrogens is 367 g/mol. The van der Waals surface area contributed by atoms with Crippen molar-refractivity contribution in [2.24, 2.45) is 0 Å². The molecule has 1 aromatic heterocycles. The van der Waals surface area contributed by atoms with Gasteiger partial charge in [0.15, 0.2) is 4.21 Å². The minimum Gasteiger partial charge on any atom is -0.478 e. The number of rotatable bonds is 5. The van der Waals surface area contributed by atoms with Crippen LogP contribution in [0.25, 0.3) is 10.6 Å². The first-order valence-electron chi connectivity index (χ1n) is 6.93. The van der Waals surface area contributed by atoms with Gasteiger partial charge in [-0.05, 0) is 42.5 Å². The van der Waals surface area contributed by atoms with Crippen LogP contribution in [0.15, 0.2) is 58.9 Å². The highest BCUT2D eigenvalue weighted by atomic mass is 32.2. The fourth-order valence-electron chi connectivity index (χ4n) is 2.03. The molecule has 0 saturated heterocycles. The van der Waals surface area contributed by atoms with Gasteiger partial charge in [-0.15, -0.1) is 11.3 Å². The minimum absolute atomic E-state index is 0.0310. The van der Waals surface area contributed by atoms with E-state index in [0.29, 0.717) is 10.6 Å². The molecule has 0 unspecified atom stereocenters. The van der Waals surface area contributed by atoms with Gasteiger partial charge in [0.2, 0.25) is 0 Å². The van der Waals surface area contributed by atoms with Crippen molar-refractivity contribution in [3.05, 3.63) is 66.1 Å². The van der Waals surface area contributed by atoms with Gasteiger partial charge in [0.1, 0.15) is 10.8 Å². The molecule has 0 saturated carbocycles. The van der Waals surface area contributed by atoms with E-state index in [1.165, 1.54) is 54.7 Å². The maximum absolute atomic E-state index is 13.0. The van der Waals surface area contributed by atoms with Crippen molar-refractivity contribution in [2.75, 3.05) is 4.72 Å². The normalized spacial score (nSPS) is 11.2. The third-order valence-corrected chi connectivity index (χ3v) is 6.09. The number of anilines is 1. The zero-order chi connectivity index (χ0) is 18.0. The van der Waals surface area contributed by atoms with Crippen LogP contribution in [0.3, 0.4) is 0 Å². The molecule has 2 N–H and O–H groups in total. The van der Waals surface area contributed by atoms with Crippen LogP contribution in [0.5, 0.6) is 0 Å². The summed E-state index contributed by atoms with van der Waals surface area (Å²) in [7, 11) is -3.91. The highest BCUT2D eigenvalue weighted by Gasteiger charge is 2.19. The van der Waals surface area contributed by atoms with Gasteiger partial charge in [-0.2, -0.15) is 0 Å². The van der Waals surface area contributed by atoms with E-state index in [2.05, 4.69) is 9.71 Å². The zero-order valence-corrected chi connectivity index (χ0v) is 14.1. The molecule has 0 aliphatic rings. The Morgan fingerprint density at radius 1 is 1.16 bits per heavy atom. The molecule has 0 amide bonds. The van der Waals surface area contributed by atoms with E-state index in [1.54, 1.807) is 0 Å². The van der Waals surface area contributed by atoms with Crippen molar-refractivity contribution in [3.8, 4) is 10.6 Å². The van der Waals surface area contributed by atoms with E-state index in [0.717, 1.165) is 11.3 Å². The third kappa shape index (κ3) is 3.83. The number of sulfonamides is 1. The second-order valence-electron chi connectivity index (χ2n) is 4.98. The maximum Gasteiger partial charge on any atom is 0.335 e. The molecule has 0 bridgehead atoms. The summed E-state index contributed by atoms with van der Waals surface area (Å²) >= 11 is 0.928. The molecule has 128 valence electrons. The first-order valence-corrected chi connectivity index (χ1v) is 9.23. The van der Waals surface area contributed by atoms with Crippen molar-refractivity contribution in [2.45, 2.75) is 4.21 Å². The van der Waals surface area contributed by atoms with Crippen molar-refractivity contribution >= 4 is 33.0 Å². The summed E-state index contributed by atoms with van der Waals surface area (Å²) in [4.78, 5) is 15.0. The summed E-state index contributed by atoms with van der Waals surface area (Å²) in [5.41, 5.74) is 0.703. The second-order valence-corrected chi connectivity index (χ2v) is 7.92. The number of benzene rings is 2. The van der Waals surface area contributed by atoms with E-state index >= 15 is 0 Å². The molecule has 0 aliphatic heterocycles. The molecule has 25 heavy (non-hydrogen) atoms. The number of nitrogens with zero attached hydrogens (tertiary/aromatic N) is 1. The molecular formula is C16H11FN2O4S2. The molecule has 0 fully saturated rings. The van der Waals surface area contributed by atoms with E-state index in [-0.39, 0.29) is 15.5 Å². The van der Waals surface area contributed by atoms with E-state index in [4.69, 9.17) is 5.11 Å². The van der Waals surface area contributed by atoms with E-state index < -0.39 is 21.8 Å². The Morgan fingerprint density at radius 2 is 1.88 bits per heavy atom. The van der Waals surface area contributed by atoms with Gasteiger partial charge in [-0.3, -0.25) is 4.72 Å². The summed E-state index contributed by atoms with van der Waals surface area (Å²) < 4.78 is 40.1. The van der Waals surface area contributed by atoms with Crippen LogP contribution in [0.2, 0.25) is 0 Å². The highest BCUT2D eigenvalue weighted by Crippen LogP contribution is 2.29. The standard InChI is InChI=1S/C16H11FN2O4S2/c17-12-6-4-10(5-7-12)15-18-9-14(24-15)25(22,23)19-13-3-1-2-11(8-13)16(20)21/h1-9,19H,(H,20,21). The number of hydrogen-bond donors (Lipinski definition) is 2. The molecule has 0 radical (unpaired) electrons. The molecule has 2 aromatic carbocycles. The van der Waals surface area contributed by atoms with Crippen molar-refractivity contribution in [1.29, 1.82) is 0 Å². The number of aromatic nitrogens is 1. The molecule has 0 atom stereocenters. The largest absolute Gasteiger partial charge is 0.478 e. The number of carboxylic acid groups (broad SMARTS) is 1. The van der Waals surface area contributed by atoms with Crippen LogP contribution in [0.1, 0.15) is 10.4 Å². The molecule has 3 aromatic rings. The lowest BCUT2D eigenvalue weighted by atomic mass is 10.2. The molecule has 0 spiro atoms. The fourth-order valence-corrected chi connectivity index (χ4v) is 4.22. The summed E-state index contributed by atoms with van der Waals surface area (Å²) in [5, 5.41) is 9.39. The summed E-state index contributed by atoms with van der Waals surface area (Å²) in [6.07, 6.45) is 1.20. The van der Waals surface area contributed by atoms with Crippen molar-refractivity contribution < 1.29 is 22.7 Å². The molecule has 0 aliphatic carbocycles. The Bertz CT molecular complexity index is 1030. The summed E-state index contributed by atoms with van der Waals surface area (Å²) in [5.74, 6) is -1.55. The number of hydrogen-bond acceptors (Lipinski definition) is 5. The van der Waals surface area contributed by atoms with Crippen LogP contribution in [-0.2, 0) is 10.0 Å². The third-order valence-electron chi connectivity index (χ3n) is 3.20. The lowest BCUT2D eigenvalue weighted by molar-refractivity contribution is 0.0697. The van der Waals surface area contributed by atoms with Gasteiger partial charge in [0, 0.05) is 11.3 Å². The second kappa shape index (κ2) is 6.61. The van der Waals surface area contributed by atoms with Gasteiger partial charge in [0.05, 0.1) is 11.8 Å². The van der Waals surface area contributed by atoms with Crippen LogP contribution in [0, 0.1) is 5.82 Å². The van der Waals surface area contributed by atoms with Gasteiger partial charge in [0.25, 0.3) is 10.0 Å². The monoisotopic (exact) mass is 378 g/mol. The van der Waals surface area contributed by atoms with Gasteiger partial charge in [-0.1, -0.05) is 6.07 Å². The molecule has 1 heterocycles. The average molecular weight is 378 g/mol. The van der Waals surface area contributed by atoms with Gasteiger partial charge in [-0.25, -0.2) is 22.6 Å². The number of carboxylic acids is 1. The van der Waals surface area contributed by atoms with Gasteiger partial charge >= 0.3 is 5.97 Å². The Kier molecular flexibility index (Phi) is 4.51. The number of nitrogens with one attached hydrogen (secondary N) is 1.